The van der Waals surface area contributed by atoms with Gasteiger partial charge in [0.15, 0.2) is 19.7 Å². The molecule has 27 heavy (non-hydrogen) atoms. The molecule has 7 nitrogen and oxygen atoms in total. The quantitative estimate of drug-likeness (QED) is 0.737. The first kappa shape index (κ1) is 19.4. The molecule has 1 N–H and O–H groups in total. The summed E-state index contributed by atoms with van der Waals surface area (Å²) in [6, 6.07) is 6.26. The summed E-state index contributed by atoms with van der Waals surface area (Å²) in [6.07, 6.45) is 3.08. The van der Waals surface area contributed by atoms with E-state index in [9.17, 15) is 26.0 Å². The lowest BCUT2D eigenvalue weighted by Crippen LogP contribution is -2.26. The highest BCUT2D eigenvalue weighted by Gasteiger charge is 2.38. The Kier molecular flexibility index (Phi) is 5.29. The van der Waals surface area contributed by atoms with Gasteiger partial charge in [0.05, 0.1) is 27.2 Å². The van der Waals surface area contributed by atoms with Crippen LogP contribution in [0.15, 0.2) is 47.6 Å². The lowest BCUT2D eigenvalue weighted by molar-refractivity contribution is 0.0946. The van der Waals surface area contributed by atoms with Gasteiger partial charge in [0, 0.05) is 18.9 Å². The zero-order valence-corrected chi connectivity index (χ0v) is 15.8. The topological polar surface area (TPSA) is 110 Å². The molecular weight excluding hydrogens is 395 g/mol. The second-order valence-corrected chi connectivity index (χ2v) is 10.7. The maximum absolute atomic E-state index is 14.1. The molecule has 0 aliphatic carbocycles. The number of carbonyl (C=O) groups is 1. The number of hydrogen-bond acceptors (Lipinski definition) is 6. The standard InChI is InChI=1S/C17H17FN2O5S2/c18-16-2-1-13(27(24,25)14-5-8-26(22,23)11-14)9-15(16)17(21)20-10-12-3-6-19-7-4-12/h1-4,6-7,9,14H,5,8,10-11H2,(H,20,21). The summed E-state index contributed by atoms with van der Waals surface area (Å²) in [7, 11) is -7.38. The molecule has 2 heterocycles. The van der Waals surface area contributed by atoms with E-state index in [1.165, 1.54) is 0 Å². The van der Waals surface area contributed by atoms with E-state index in [1.807, 2.05) is 0 Å². The summed E-state index contributed by atoms with van der Waals surface area (Å²) >= 11 is 0. The van der Waals surface area contributed by atoms with Crippen molar-refractivity contribution in [1.82, 2.24) is 10.3 Å². The van der Waals surface area contributed by atoms with Crippen molar-refractivity contribution in [2.45, 2.75) is 23.1 Å². The van der Waals surface area contributed by atoms with Crippen LogP contribution in [0.25, 0.3) is 0 Å². The first-order valence-electron chi connectivity index (χ1n) is 8.10. The monoisotopic (exact) mass is 412 g/mol. The second kappa shape index (κ2) is 7.35. The van der Waals surface area contributed by atoms with E-state index in [-0.39, 0.29) is 23.6 Å². The zero-order valence-electron chi connectivity index (χ0n) is 14.1. The van der Waals surface area contributed by atoms with Gasteiger partial charge < -0.3 is 5.32 Å². The first-order valence-corrected chi connectivity index (χ1v) is 11.5. The molecule has 1 aromatic carbocycles. The first-order chi connectivity index (χ1) is 12.7. The number of hydrogen-bond donors (Lipinski definition) is 1. The molecule has 0 bridgehead atoms. The molecule has 10 heteroatoms. The second-order valence-electron chi connectivity index (χ2n) is 6.25. The number of amides is 1. The number of nitrogens with zero attached hydrogens (tertiary/aromatic N) is 1. The number of nitrogens with one attached hydrogen (secondary N) is 1. The Balaban J connectivity index is 1.82. The average Bonchev–Trinajstić information content (AvgIpc) is 3.01. The summed E-state index contributed by atoms with van der Waals surface area (Å²) in [5, 5.41) is 1.44. The van der Waals surface area contributed by atoms with Crippen molar-refractivity contribution in [3.8, 4) is 0 Å². The molecular formula is C17H17FN2O5S2. The number of aromatic nitrogens is 1. The van der Waals surface area contributed by atoms with Crippen LogP contribution in [-0.4, -0.2) is 44.5 Å². The summed E-state index contributed by atoms with van der Waals surface area (Å²) in [4.78, 5) is 15.9. The maximum atomic E-state index is 14.1. The predicted molar refractivity (Wildman–Crippen MR) is 96.1 cm³/mol. The Hall–Kier alpha value is -2.33. The molecule has 2 aromatic rings. The molecule has 1 fully saturated rings. The summed E-state index contributed by atoms with van der Waals surface area (Å²) < 4.78 is 62.5. The third kappa shape index (κ3) is 4.33. The van der Waals surface area contributed by atoms with Crippen molar-refractivity contribution in [2.75, 3.05) is 11.5 Å². The van der Waals surface area contributed by atoms with E-state index >= 15 is 0 Å². The summed E-state index contributed by atoms with van der Waals surface area (Å²) in [5.41, 5.74) is 0.338. The van der Waals surface area contributed by atoms with Crippen LogP contribution in [0.4, 0.5) is 4.39 Å². The molecule has 1 saturated heterocycles. The molecule has 1 atom stereocenters. The third-order valence-corrected chi connectivity index (χ3v) is 8.51. The molecule has 3 rings (SSSR count). The van der Waals surface area contributed by atoms with E-state index in [4.69, 9.17) is 0 Å². The van der Waals surface area contributed by atoms with Crippen molar-refractivity contribution >= 4 is 25.6 Å². The number of benzene rings is 1. The van der Waals surface area contributed by atoms with Crippen molar-refractivity contribution in [3.63, 3.8) is 0 Å². The van der Waals surface area contributed by atoms with Gasteiger partial charge >= 0.3 is 0 Å². The SMILES string of the molecule is O=C(NCc1ccncc1)c1cc(S(=O)(=O)C2CCS(=O)(=O)C2)ccc1F. The van der Waals surface area contributed by atoms with Gasteiger partial charge in [-0.1, -0.05) is 0 Å². The minimum Gasteiger partial charge on any atom is -0.348 e. The van der Waals surface area contributed by atoms with Gasteiger partial charge in [-0.3, -0.25) is 9.78 Å². The van der Waals surface area contributed by atoms with Gasteiger partial charge in [0.1, 0.15) is 5.82 Å². The molecule has 1 unspecified atom stereocenters. The summed E-state index contributed by atoms with van der Waals surface area (Å²) in [5.74, 6) is -2.28. The molecule has 0 saturated carbocycles. The highest BCUT2D eigenvalue weighted by atomic mass is 32.2. The van der Waals surface area contributed by atoms with Crippen LogP contribution in [0.3, 0.4) is 0 Å². The number of halogens is 1. The van der Waals surface area contributed by atoms with E-state index < -0.39 is 48.0 Å². The Morgan fingerprint density at radius 3 is 2.56 bits per heavy atom. The fourth-order valence-corrected chi connectivity index (χ4v) is 7.22. The van der Waals surface area contributed by atoms with Crippen LogP contribution in [0.5, 0.6) is 0 Å². The van der Waals surface area contributed by atoms with Gasteiger partial charge in [-0.2, -0.15) is 0 Å². The van der Waals surface area contributed by atoms with Crippen molar-refractivity contribution < 1.29 is 26.0 Å². The molecule has 1 aromatic heterocycles. The van der Waals surface area contributed by atoms with Crippen LogP contribution in [-0.2, 0) is 26.2 Å². The lowest BCUT2D eigenvalue weighted by atomic mass is 10.2. The largest absolute Gasteiger partial charge is 0.348 e. The molecule has 1 aliphatic heterocycles. The van der Waals surface area contributed by atoms with Gasteiger partial charge in [-0.25, -0.2) is 21.2 Å². The predicted octanol–water partition coefficient (Wildman–Crippen LogP) is 1.11. The van der Waals surface area contributed by atoms with Crippen LogP contribution in [0.1, 0.15) is 22.3 Å². The summed E-state index contributed by atoms with van der Waals surface area (Å²) in [6.45, 7) is 0.124. The third-order valence-electron chi connectivity index (χ3n) is 4.34. The minimum absolute atomic E-state index is 0.00832. The molecule has 0 radical (unpaired) electrons. The fraction of sp³-hybridized carbons (Fsp3) is 0.294. The van der Waals surface area contributed by atoms with Crippen LogP contribution in [0, 0.1) is 5.82 Å². The van der Waals surface area contributed by atoms with E-state index in [0.29, 0.717) is 0 Å². The Bertz CT molecular complexity index is 1070. The van der Waals surface area contributed by atoms with Crippen molar-refractivity contribution in [1.29, 1.82) is 0 Å². The molecule has 1 aliphatic rings. The van der Waals surface area contributed by atoms with Crippen molar-refractivity contribution in [3.05, 3.63) is 59.7 Å². The minimum atomic E-state index is -3.98. The molecule has 144 valence electrons. The zero-order chi connectivity index (χ0) is 19.7. The smallest absolute Gasteiger partial charge is 0.254 e. The fourth-order valence-electron chi connectivity index (χ4n) is 2.83. The molecule has 1 amide bonds. The Labute approximate surface area is 156 Å². The van der Waals surface area contributed by atoms with Gasteiger partial charge in [0.2, 0.25) is 0 Å². The Morgan fingerprint density at radius 2 is 1.93 bits per heavy atom. The van der Waals surface area contributed by atoms with E-state index in [1.54, 1.807) is 24.5 Å². The normalized spacial score (nSPS) is 18.9. The van der Waals surface area contributed by atoms with Crippen LogP contribution < -0.4 is 5.32 Å². The van der Waals surface area contributed by atoms with Crippen molar-refractivity contribution in [2.24, 2.45) is 0 Å². The maximum Gasteiger partial charge on any atom is 0.254 e. The highest BCUT2D eigenvalue weighted by Crippen LogP contribution is 2.26. The van der Waals surface area contributed by atoms with E-state index in [0.717, 1.165) is 23.8 Å². The van der Waals surface area contributed by atoms with E-state index in [2.05, 4.69) is 10.3 Å². The number of pyridine rings is 1. The Morgan fingerprint density at radius 1 is 1.22 bits per heavy atom. The number of rotatable bonds is 5. The van der Waals surface area contributed by atoms with Crippen LogP contribution in [0.2, 0.25) is 0 Å². The highest BCUT2D eigenvalue weighted by molar-refractivity contribution is 7.96. The van der Waals surface area contributed by atoms with Gasteiger partial charge in [-0.05, 0) is 42.3 Å². The number of carbonyl (C=O) groups excluding carboxylic acids is 1. The van der Waals surface area contributed by atoms with Crippen LogP contribution >= 0.6 is 0 Å². The van der Waals surface area contributed by atoms with Gasteiger partial charge in [-0.15, -0.1) is 0 Å². The van der Waals surface area contributed by atoms with Gasteiger partial charge in [0.25, 0.3) is 5.91 Å². The average molecular weight is 412 g/mol. The molecule has 0 spiro atoms. The lowest BCUT2D eigenvalue weighted by Gasteiger charge is -2.12. The number of sulfone groups is 2.